The standard InChI is InChI=1S/C19H21N3O2S2/c23-18(14-22-11-13-26-16-5-2-1-4-15(16)22)20-7-9-21(10-8-20)19(24)17-6-3-12-25-17/h1-6,12H,7-11,13-14H2. The molecule has 0 N–H and O–H groups in total. The van der Waals surface area contributed by atoms with E-state index in [0.29, 0.717) is 32.7 Å². The molecular formula is C19H21N3O2S2. The van der Waals surface area contributed by atoms with Gasteiger partial charge in [-0.25, -0.2) is 0 Å². The highest BCUT2D eigenvalue weighted by Gasteiger charge is 2.27. The molecule has 0 bridgehead atoms. The predicted molar refractivity (Wildman–Crippen MR) is 106 cm³/mol. The maximum absolute atomic E-state index is 12.8. The summed E-state index contributed by atoms with van der Waals surface area (Å²) in [6, 6.07) is 12.0. The normalized spacial score (nSPS) is 17.2. The minimum Gasteiger partial charge on any atom is -0.360 e. The van der Waals surface area contributed by atoms with Crippen molar-refractivity contribution in [1.82, 2.24) is 9.80 Å². The zero-order valence-corrected chi connectivity index (χ0v) is 16.1. The molecule has 2 aliphatic heterocycles. The Hall–Kier alpha value is -1.99. The maximum Gasteiger partial charge on any atom is 0.264 e. The van der Waals surface area contributed by atoms with Crippen molar-refractivity contribution in [3.8, 4) is 0 Å². The number of fused-ring (bicyclic) bond motifs is 1. The van der Waals surface area contributed by atoms with E-state index >= 15 is 0 Å². The SMILES string of the molecule is O=C(CN1CCSc2ccccc21)N1CCN(C(=O)c2cccs2)CC1. The van der Waals surface area contributed by atoms with E-state index in [4.69, 9.17) is 0 Å². The number of benzene rings is 1. The molecule has 2 amide bonds. The van der Waals surface area contributed by atoms with Gasteiger partial charge in [0.1, 0.15) is 0 Å². The molecule has 0 unspecified atom stereocenters. The van der Waals surface area contributed by atoms with Gasteiger partial charge in [-0.2, -0.15) is 0 Å². The van der Waals surface area contributed by atoms with Gasteiger partial charge in [0.05, 0.1) is 17.1 Å². The molecule has 136 valence electrons. The van der Waals surface area contributed by atoms with Gasteiger partial charge in [0.15, 0.2) is 0 Å². The summed E-state index contributed by atoms with van der Waals surface area (Å²) in [4.78, 5) is 33.1. The largest absolute Gasteiger partial charge is 0.360 e. The number of hydrogen-bond donors (Lipinski definition) is 0. The lowest BCUT2D eigenvalue weighted by atomic mass is 10.2. The molecule has 26 heavy (non-hydrogen) atoms. The van der Waals surface area contributed by atoms with Gasteiger partial charge in [-0.05, 0) is 23.6 Å². The van der Waals surface area contributed by atoms with E-state index < -0.39 is 0 Å². The first-order valence-electron chi connectivity index (χ1n) is 8.80. The Labute approximate surface area is 161 Å². The second-order valence-corrected chi connectivity index (χ2v) is 8.47. The van der Waals surface area contributed by atoms with Crippen molar-refractivity contribution in [2.24, 2.45) is 0 Å². The molecule has 2 aliphatic rings. The molecule has 3 heterocycles. The highest BCUT2D eigenvalue weighted by Crippen LogP contribution is 2.34. The first-order chi connectivity index (χ1) is 12.7. The fourth-order valence-corrected chi connectivity index (χ4v) is 5.11. The van der Waals surface area contributed by atoms with Crippen molar-refractivity contribution >= 4 is 40.6 Å². The van der Waals surface area contributed by atoms with Gasteiger partial charge in [-0.15, -0.1) is 23.1 Å². The Balaban J connectivity index is 1.34. The summed E-state index contributed by atoms with van der Waals surface area (Å²) in [5.74, 6) is 1.23. The van der Waals surface area contributed by atoms with E-state index in [1.54, 1.807) is 0 Å². The summed E-state index contributed by atoms with van der Waals surface area (Å²) in [6.45, 7) is 3.74. The molecule has 0 radical (unpaired) electrons. The average Bonchev–Trinajstić information content (AvgIpc) is 3.23. The Kier molecular flexibility index (Phi) is 5.17. The number of nitrogens with zero attached hydrogens (tertiary/aromatic N) is 3. The lowest BCUT2D eigenvalue weighted by molar-refractivity contribution is -0.131. The topological polar surface area (TPSA) is 43.9 Å². The van der Waals surface area contributed by atoms with Crippen molar-refractivity contribution in [3.63, 3.8) is 0 Å². The van der Waals surface area contributed by atoms with E-state index in [1.807, 2.05) is 51.2 Å². The Morgan fingerprint density at radius 1 is 0.923 bits per heavy atom. The van der Waals surface area contributed by atoms with Gasteiger partial charge < -0.3 is 14.7 Å². The van der Waals surface area contributed by atoms with Gasteiger partial charge in [-0.3, -0.25) is 9.59 Å². The van der Waals surface area contributed by atoms with Crippen LogP contribution in [0.25, 0.3) is 0 Å². The van der Waals surface area contributed by atoms with Crippen LogP contribution in [0, 0.1) is 0 Å². The first kappa shape index (κ1) is 17.4. The summed E-state index contributed by atoms with van der Waals surface area (Å²) in [6.07, 6.45) is 0. The Morgan fingerprint density at radius 2 is 1.69 bits per heavy atom. The highest BCUT2D eigenvalue weighted by atomic mass is 32.2. The number of amides is 2. The van der Waals surface area contributed by atoms with Crippen LogP contribution in [0.3, 0.4) is 0 Å². The molecule has 1 aromatic carbocycles. The number of piperazine rings is 1. The minimum atomic E-state index is 0.0779. The zero-order valence-electron chi connectivity index (χ0n) is 14.5. The first-order valence-corrected chi connectivity index (χ1v) is 10.7. The fraction of sp³-hybridized carbons (Fsp3) is 0.368. The summed E-state index contributed by atoms with van der Waals surface area (Å²) in [5, 5.41) is 1.92. The quantitative estimate of drug-likeness (QED) is 0.812. The number of carbonyl (C=O) groups is 2. The number of para-hydroxylation sites is 1. The van der Waals surface area contributed by atoms with Crippen molar-refractivity contribution in [1.29, 1.82) is 0 Å². The Bertz CT molecular complexity index is 786. The second kappa shape index (κ2) is 7.72. The number of hydrogen-bond acceptors (Lipinski definition) is 5. The number of carbonyl (C=O) groups excluding carboxylic acids is 2. The van der Waals surface area contributed by atoms with Crippen LogP contribution in [0.15, 0.2) is 46.7 Å². The van der Waals surface area contributed by atoms with E-state index in [0.717, 1.165) is 22.9 Å². The fourth-order valence-electron chi connectivity index (χ4n) is 3.37. The van der Waals surface area contributed by atoms with Crippen LogP contribution in [0.4, 0.5) is 5.69 Å². The number of rotatable bonds is 3. The third kappa shape index (κ3) is 3.59. The van der Waals surface area contributed by atoms with Gasteiger partial charge >= 0.3 is 0 Å². The zero-order chi connectivity index (χ0) is 17.9. The molecule has 2 aromatic rings. The van der Waals surface area contributed by atoms with Crippen LogP contribution in [0.2, 0.25) is 0 Å². The van der Waals surface area contributed by atoms with Gasteiger partial charge in [0.25, 0.3) is 5.91 Å². The molecule has 5 nitrogen and oxygen atoms in total. The third-order valence-corrected chi connectivity index (χ3v) is 6.70. The lowest BCUT2D eigenvalue weighted by Gasteiger charge is -2.37. The van der Waals surface area contributed by atoms with Crippen molar-refractivity contribution < 1.29 is 9.59 Å². The number of anilines is 1. The summed E-state index contributed by atoms with van der Waals surface area (Å²) < 4.78 is 0. The van der Waals surface area contributed by atoms with Crippen molar-refractivity contribution in [3.05, 3.63) is 46.7 Å². The van der Waals surface area contributed by atoms with Crippen LogP contribution >= 0.6 is 23.1 Å². The lowest BCUT2D eigenvalue weighted by Crippen LogP contribution is -2.53. The molecule has 0 saturated carbocycles. The monoisotopic (exact) mass is 387 g/mol. The smallest absolute Gasteiger partial charge is 0.264 e. The average molecular weight is 388 g/mol. The van der Waals surface area contributed by atoms with Crippen LogP contribution < -0.4 is 4.90 Å². The van der Waals surface area contributed by atoms with Gasteiger partial charge in [-0.1, -0.05) is 18.2 Å². The molecule has 4 rings (SSSR count). The predicted octanol–water partition coefficient (Wildman–Crippen LogP) is 2.64. The van der Waals surface area contributed by atoms with Crippen LogP contribution in [-0.4, -0.2) is 66.6 Å². The Morgan fingerprint density at radius 3 is 2.46 bits per heavy atom. The molecule has 1 saturated heterocycles. The second-order valence-electron chi connectivity index (χ2n) is 6.39. The molecule has 7 heteroatoms. The van der Waals surface area contributed by atoms with Crippen molar-refractivity contribution in [2.45, 2.75) is 4.90 Å². The molecular weight excluding hydrogens is 366 g/mol. The highest BCUT2D eigenvalue weighted by molar-refractivity contribution is 7.99. The van der Waals surface area contributed by atoms with E-state index in [1.165, 1.54) is 16.2 Å². The van der Waals surface area contributed by atoms with E-state index in [9.17, 15) is 9.59 Å². The molecule has 1 aromatic heterocycles. The molecule has 0 atom stereocenters. The molecule has 0 spiro atoms. The third-order valence-electron chi connectivity index (χ3n) is 4.80. The van der Waals surface area contributed by atoms with Gasteiger partial charge in [0.2, 0.25) is 5.91 Å². The molecule has 1 fully saturated rings. The maximum atomic E-state index is 12.8. The number of thioether (sulfide) groups is 1. The summed E-state index contributed by atoms with van der Waals surface area (Å²) in [5.41, 5.74) is 1.16. The van der Waals surface area contributed by atoms with E-state index in [2.05, 4.69) is 17.0 Å². The number of thiophene rings is 1. The van der Waals surface area contributed by atoms with Crippen LogP contribution in [0.5, 0.6) is 0 Å². The van der Waals surface area contributed by atoms with Gasteiger partial charge in [0, 0.05) is 43.4 Å². The summed E-state index contributed by atoms with van der Waals surface area (Å²) in [7, 11) is 0. The minimum absolute atomic E-state index is 0.0779. The van der Waals surface area contributed by atoms with Crippen LogP contribution in [0.1, 0.15) is 9.67 Å². The van der Waals surface area contributed by atoms with Crippen molar-refractivity contribution in [2.75, 3.05) is 49.9 Å². The molecule has 0 aliphatic carbocycles. The van der Waals surface area contributed by atoms with Crippen LogP contribution in [-0.2, 0) is 4.79 Å². The summed E-state index contributed by atoms with van der Waals surface area (Å²) >= 11 is 3.32. The van der Waals surface area contributed by atoms with E-state index in [-0.39, 0.29) is 11.8 Å².